The van der Waals surface area contributed by atoms with Gasteiger partial charge in [-0.25, -0.2) is 9.97 Å². The molecule has 0 aromatic carbocycles. The Kier molecular flexibility index (Phi) is 4.15. The van der Waals surface area contributed by atoms with E-state index in [1.54, 1.807) is 6.92 Å². The molecule has 74 valence electrons. The molecule has 0 N–H and O–H groups in total. The van der Waals surface area contributed by atoms with Crippen LogP contribution in [-0.4, -0.2) is 16.1 Å². The van der Waals surface area contributed by atoms with E-state index < -0.39 is 0 Å². The maximum atomic E-state index is 5.67. The van der Waals surface area contributed by atoms with Gasteiger partial charge in [0.25, 0.3) is 0 Å². The molecule has 0 saturated heterocycles. The van der Waals surface area contributed by atoms with E-state index in [1.165, 1.54) is 6.07 Å². The van der Waals surface area contributed by atoms with Crippen molar-refractivity contribution in [1.82, 2.24) is 9.97 Å². The molecule has 0 aliphatic carbocycles. The molecule has 1 aromatic rings. The maximum absolute atomic E-state index is 5.67. The second-order valence-electron chi connectivity index (χ2n) is 2.55. The minimum atomic E-state index is -0.281. The van der Waals surface area contributed by atoms with Gasteiger partial charge in [0.15, 0.2) is 5.82 Å². The summed E-state index contributed by atoms with van der Waals surface area (Å²) in [5.74, 6) is 2.84. The van der Waals surface area contributed by atoms with Gasteiger partial charge in [-0.3, -0.25) is 0 Å². The van der Waals surface area contributed by atoms with Crippen LogP contribution in [0.1, 0.15) is 12.7 Å². The van der Waals surface area contributed by atoms with Crippen LogP contribution in [0.4, 0.5) is 0 Å². The van der Waals surface area contributed by atoms with Crippen LogP contribution >= 0.6 is 23.2 Å². The molecular formula is C9H8Cl2N2O. The number of nitrogens with zero attached hydrogens (tertiary/aromatic N) is 2. The lowest BCUT2D eigenvalue weighted by Gasteiger charge is -2.05. The van der Waals surface area contributed by atoms with Gasteiger partial charge in [0, 0.05) is 6.07 Å². The monoisotopic (exact) mass is 230 g/mol. The van der Waals surface area contributed by atoms with E-state index in [9.17, 15) is 0 Å². The summed E-state index contributed by atoms with van der Waals surface area (Å²) in [6.07, 6.45) is 4.85. The van der Waals surface area contributed by atoms with Crippen LogP contribution in [0.2, 0.25) is 10.3 Å². The van der Waals surface area contributed by atoms with Crippen LogP contribution < -0.4 is 0 Å². The van der Waals surface area contributed by atoms with Crippen LogP contribution in [0.15, 0.2) is 6.07 Å². The quantitative estimate of drug-likeness (QED) is 0.591. The van der Waals surface area contributed by atoms with E-state index in [-0.39, 0.29) is 23.0 Å². The van der Waals surface area contributed by atoms with Crippen molar-refractivity contribution >= 4 is 23.2 Å². The molecule has 0 fully saturated rings. The highest BCUT2D eigenvalue weighted by Crippen LogP contribution is 2.12. The third kappa shape index (κ3) is 3.51. The van der Waals surface area contributed by atoms with Crippen molar-refractivity contribution < 1.29 is 4.74 Å². The highest BCUT2D eigenvalue weighted by Gasteiger charge is 2.03. The molecule has 1 atom stereocenters. The van der Waals surface area contributed by atoms with Crippen molar-refractivity contribution in [2.75, 3.05) is 0 Å². The molecule has 0 bridgehead atoms. The Hall–Kier alpha value is -0.820. The lowest BCUT2D eigenvalue weighted by Crippen LogP contribution is -2.07. The first-order valence-corrected chi connectivity index (χ1v) is 4.64. The van der Waals surface area contributed by atoms with Gasteiger partial charge in [-0.2, -0.15) is 0 Å². The maximum Gasteiger partial charge on any atom is 0.157 e. The van der Waals surface area contributed by atoms with E-state index in [4.69, 9.17) is 34.4 Å². The fourth-order valence-corrected chi connectivity index (χ4v) is 1.20. The highest BCUT2D eigenvalue weighted by atomic mass is 35.5. The number of aromatic nitrogens is 2. The number of hydrogen-bond acceptors (Lipinski definition) is 3. The second-order valence-corrected chi connectivity index (χ2v) is 3.32. The Morgan fingerprint density at radius 3 is 2.57 bits per heavy atom. The van der Waals surface area contributed by atoms with Crippen LogP contribution in [-0.2, 0) is 11.3 Å². The van der Waals surface area contributed by atoms with Crippen LogP contribution in [0, 0.1) is 12.3 Å². The summed E-state index contributed by atoms with van der Waals surface area (Å²) in [5.41, 5.74) is 0. The summed E-state index contributed by atoms with van der Waals surface area (Å²) in [6, 6.07) is 1.46. The van der Waals surface area contributed by atoms with E-state index >= 15 is 0 Å². The topological polar surface area (TPSA) is 35.0 Å². The molecule has 0 aliphatic rings. The molecule has 0 saturated carbocycles. The minimum Gasteiger partial charge on any atom is -0.358 e. The van der Waals surface area contributed by atoms with Crippen LogP contribution in [0.25, 0.3) is 0 Å². The summed E-state index contributed by atoms with van der Waals surface area (Å²) in [7, 11) is 0. The van der Waals surface area contributed by atoms with Gasteiger partial charge in [0.05, 0.1) is 0 Å². The largest absolute Gasteiger partial charge is 0.358 e. The van der Waals surface area contributed by atoms with E-state index in [0.29, 0.717) is 5.82 Å². The van der Waals surface area contributed by atoms with E-state index in [1.807, 2.05) is 0 Å². The molecule has 0 aliphatic heterocycles. The van der Waals surface area contributed by atoms with Crippen molar-refractivity contribution in [2.45, 2.75) is 19.6 Å². The van der Waals surface area contributed by atoms with Gasteiger partial charge < -0.3 is 4.74 Å². The predicted molar refractivity (Wildman–Crippen MR) is 55.1 cm³/mol. The van der Waals surface area contributed by atoms with Crippen molar-refractivity contribution in [3.05, 3.63) is 22.2 Å². The zero-order valence-electron chi connectivity index (χ0n) is 7.50. The van der Waals surface area contributed by atoms with Crippen LogP contribution in [0.5, 0.6) is 0 Å². The molecule has 1 unspecified atom stereocenters. The third-order valence-electron chi connectivity index (χ3n) is 1.41. The molecule has 0 amide bonds. The van der Waals surface area contributed by atoms with E-state index in [0.717, 1.165) is 0 Å². The zero-order valence-corrected chi connectivity index (χ0v) is 9.01. The number of halogens is 2. The molecule has 5 heteroatoms. The fourth-order valence-electron chi connectivity index (χ4n) is 0.747. The Balaban J connectivity index is 2.64. The predicted octanol–water partition coefficient (Wildman–Crippen LogP) is 2.32. The Morgan fingerprint density at radius 1 is 1.50 bits per heavy atom. The second kappa shape index (κ2) is 5.16. The number of terminal acetylenes is 1. The number of ether oxygens (including phenoxy) is 1. The molecule has 14 heavy (non-hydrogen) atoms. The highest BCUT2D eigenvalue weighted by molar-refractivity contribution is 6.33. The SMILES string of the molecule is C#CC(C)OCc1nc(Cl)cc(Cl)n1. The van der Waals surface area contributed by atoms with Crippen LogP contribution in [0.3, 0.4) is 0 Å². The molecule has 1 heterocycles. The average Bonchev–Trinajstić information content (AvgIpc) is 2.12. The van der Waals surface area contributed by atoms with Gasteiger partial charge in [0.2, 0.25) is 0 Å². The van der Waals surface area contributed by atoms with E-state index in [2.05, 4.69) is 15.9 Å². The Morgan fingerprint density at radius 2 is 2.07 bits per heavy atom. The van der Waals surface area contributed by atoms with Crippen molar-refractivity contribution in [2.24, 2.45) is 0 Å². The number of hydrogen-bond donors (Lipinski definition) is 0. The standard InChI is InChI=1S/C9H8Cl2N2O/c1-3-6(2)14-5-9-12-7(10)4-8(11)13-9/h1,4,6H,5H2,2H3. The Bertz CT molecular complexity index is 342. The normalized spacial score (nSPS) is 12.1. The van der Waals surface area contributed by atoms with Gasteiger partial charge >= 0.3 is 0 Å². The summed E-state index contributed by atoms with van der Waals surface area (Å²) in [6.45, 7) is 1.96. The first-order chi connectivity index (χ1) is 6.61. The van der Waals surface area contributed by atoms with Crippen molar-refractivity contribution in [3.8, 4) is 12.3 Å². The number of rotatable bonds is 3. The van der Waals surface area contributed by atoms with Gasteiger partial charge in [0.1, 0.15) is 23.0 Å². The van der Waals surface area contributed by atoms with Crippen molar-refractivity contribution in [3.63, 3.8) is 0 Å². The summed E-state index contributed by atoms with van der Waals surface area (Å²) >= 11 is 11.3. The average molecular weight is 231 g/mol. The lowest BCUT2D eigenvalue weighted by atomic mass is 10.4. The first kappa shape index (κ1) is 11.3. The van der Waals surface area contributed by atoms with Crippen molar-refractivity contribution in [1.29, 1.82) is 0 Å². The smallest absolute Gasteiger partial charge is 0.157 e. The minimum absolute atomic E-state index is 0.200. The molecule has 0 radical (unpaired) electrons. The lowest BCUT2D eigenvalue weighted by molar-refractivity contribution is 0.0852. The molecule has 3 nitrogen and oxygen atoms in total. The fraction of sp³-hybridized carbons (Fsp3) is 0.333. The molecule has 0 spiro atoms. The summed E-state index contributed by atoms with van der Waals surface area (Å²) < 4.78 is 5.21. The van der Waals surface area contributed by atoms with Gasteiger partial charge in [-0.15, -0.1) is 6.42 Å². The summed E-state index contributed by atoms with van der Waals surface area (Å²) in [4.78, 5) is 7.83. The van der Waals surface area contributed by atoms with Gasteiger partial charge in [-0.05, 0) is 6.92 Å². The third-order valence-corrected chi connectivity index (χ3v) is 1.79. The molecule has 1 rings (SSSR count). The molecular weight excluding hydrogens is 223 g/mol. The van der Waals surface area contributed by atoms with Gasteiger partial charge in [-0.1, -0.05) is 29.1 Å². The molecule has 1 aromatic heterocycles. The Labute approximate surface area is 92.4 Å². The zero-order chi connectivity index (χ0) is 10.6. The summed E-state index contributed by atoms with van der Waals surface area (Å²) in [5, 5.41) is 0.578. The first-order valence-electron chi connectivity index (χ1n) is 3.88.